The lowest BCUT2D eigenvalue weighted by Crippen LogP contribution is -2.14. The van der Waals surface area contributed by atoms with Crippen molar-refractivity contribution in [2.24, 2.45) is 0 Å². The molecule has 0 spiro atoms. The number of benzene rings is 1. The minimum absolute atomic E-state index is 0.383. The van der Waals surface area contributed by atoms with Crippen LogP contribution in [-0.4, -0.2) is 78.2 Å². The molecule has 26 heavy (non-hydrogen) atoms. The first-order valence-corrected chi connectivity index (χ1v) is 9.57. The van der Waals surface area contributed by atoms with Crippen molar-refractivity contribution in [1.82, 2.24) is 0 Å². The Morgan fingerprint density at radius 3 is 1.85 bits per heavy atom. The van der Waals surface area contributed by atoms with E-state index in [2.05, 4.69) is 15.9 Å². The first-order chi connectivity index (χ1) is 12.8. The predicted octanol–water partition coefficient (Wildman–Crippen LogP) is 2.35. The van der Waals surface area contributed by atoms with Gasteiger partial charge in [0.05, 0.1) is 60.0 Å². The van der Waals surface area contributed by atoms with Crippen LogP contribution < -0.4 is 9.47 Å². The molecular formula is C18H27BrO7. The highest BCUT2D eigenvalue weighted by Crippen LogP contribution is 2.27. The Morgan fingerprint density at radius 1 is 0.808 bits per heavy atom. The second-order valence-corrected chi connectivity index (χ2v) is 5.81. The molecule has 0 bridgehead atoms. The number of ether oxygens (including phenoxy) is 6. The molecule has 148 valence electrons. The van der Waals surface area contributed by atoms with E-state index >= 15 is 0 Å². The second-order valence-electron chi connectivity index (χ2n) is 5.02. The third kappa shape index (κ3) is 10.7. The molecule has 7 nitrogen and oxygen atoms in total. The molecule has 1 aromatic rings. The molecule has 0 saturated heterocycles. The van der Waals surface area contributed by atoms with Gasteiger partial charge in [-0.15, -0.1) is 0 Å². The Kier molecular flexibility index (Phi) is 14.1. The van der Waals surface area contributed by atoms with Crippen LogP contribution in [0.3, 0.4) is 0 Å². The summed E-state index contributed by atoms with van der Waals surface area (Å²) in [5, 5.41) is 0.834. The van der Waals surface area contributed by atoms with Gasteiger partial charge in [0.25, 0.3) is 0 Å². The summed E-state index contributed by atoms with van der Waals surface area (Å²) in [4.78, 5) is 10.7. The molecule has 0 radical (unpaired) electrons. The molecular weight excluding hydrogens is 408 g/mol. The molecule has 0 atom stereocenters. The van der Waals surface area contributed by atoms with Gasteiger partial charge in [-0.25, -0.2) is 0 Å². The van der Waals surface area contributed by atoms with Crippen molar-refractivity contribution in [3.63, 3.8) is 0 Å². The van der Waals surface area contributed by atoms with Crippen LogP contribution in [0, 0.1) is 0 Å². The van der Waals surface area contributed by atoms with Gasteiger partial charge in [-0.2, -0.15) is 0 Å². The zero-order chi connectivity index (χ0) is 18.9. The molecule has 1 aromatic carbocycles. The van der Waals surface area contributed by atoms with Crippen LogP contribution in [0.4, 0.5) is 0 Å². The fraction of sp³-hybridized carbons (Fsp3) is 0.611. The maximum Gasteiger partial charge on any atom is 0.161 e. The van der Waals surface area contributed by atoms with E-state index in [1.807, 2.05) is 0 Å². The fourth-order valence-corrected chi connectivity index (χ4v) is 2.13. The van der Waals surface area contributed by atoms with Gasteiger partial charge in [0.15, 0.2) is 11.5 Å². The summed E-state index contributed by atoms with van der Waals surface area (Å²) in [7, 11) is 1.53. The molecule has 0 N–H and O–H groups in total. The Bertz CT molecular complexity index is 485. The van der Waals surface area contributed by atoms with E-state index in [0.717, 1.165) is 11.6 Å². The number of carbonyl (C=O) groups excluding carboxylic acids is 1. The number of hydrogen-bond donors (Lipinski definition) is 0. The van der Waals surface area contributed by atoms with Crippen LogP contribution in [0.2, 0.25) is 0 Å². The topological polar surface area (TPSA) is 72.5 Å². The van der Waals surface area contributed by atoms with Crippen LogP contribution in [0.15, 0.2) is 18.2 Å². The van der Waals surface area contributed by atoms with Gasteiger partial charge < -0.3 is 28.4 Å². The lowest BCUT2D eigenvalue weighted by atomic mass is 10.2. The van der Waals surface area contributed by atoms with Crippen LogP contribution in [-0.2, 0) is 18.9 Å². The molecule has 0 aliphatic carbocycles. The van der Waals surface area contributed by atoms with Crippen LogP contribution >= 0.6 is 15.9 Å². The molecule has 0 aliphatic heterocycles. The van der Waals surface area contributed by atoms with Crippen molar-refractivity contribution in [3.8, 4) is 11.5 Å². The van der Waals surface area contributed by atoms with Gasteiger partial charge in [-0.3, -0.25) is 4.79 Å². The van der Waals surface area contributed by atoms with Crippen LogP contribution in [0.1, 0.15) is 10.4 Å². The minimum Gasteiger partial charge on any atom is -0.493 e. The van der Waals surface area contributed by atoms with E-state index in [4.69, 9.17) is 28.4 Å². The van der Waals surface area contributed by atoms with Gasteiger partial charge >= 0.3 is 0 Å². The SMILES string of the molecule is COc1cc(C=O)ccc1OCCOCCOCCOCCOCCBr. The average Bonchev–Trinajstić information content (AvgIpc) is 2.68. The molecule has 0 heterocycles. The molecule has 8 heteroatoms. The lowest BCUT2D eigenvalue weighted by molar-refractivity contribution is -0.00322. The van der Waals surface area contributed by atoms with Crippen LogP contribution in [0.5, 0.6) is 11.5 Å². The predicted molar refractivity (Wildman–Crippen MR) is 101 cm³/mol. The number of hydrogen-bond acceptors (Lipinski definition) is 7. The highest BCUT2D eigenvalue weighted by molar-refractivity contribution is 9.09. The van der Waals surface area contributed by atoms with E-state index in [9.17, 15) is 4.79 Å². The average molecular weight is 435 g/mol. The van der Waals surface area contributed by atoms with Crippen molar-refractivity contribution >= 4 is 22.2 Å². The maximum absolute atomic E-state index is 10.7. The first-order valence-electron chi connectivity index (χ1n) is 8.44. The third-order valence-electron chi connectivity index (χ3n) is 3.15. The van der Waals surface area contributed by atoms with Crippen LogP contribution in [0.25, 0.3) is 0 Å². The van der Waals surface area contributed by atoms with Crippen molar-refractivity contribution in [1.29, 1.82) is 0 Å². The molecule has 0 saturated carbocycles. The van der Waals surface area contributed by atoms with E-state index in [1.165, 1.54) is 7.11 Å². The molecule has 1 rings (SSSR count). The normalized spacial score (nSPS) is 10.7. The lowest BCUT2D eigenvalue weighted by Gasteiger charge is -2.11. The number of aldehydes is 1. The van der Waals surface area contributed by atoms with Gasteiger partial charge in [0.1, 0.15) is 12.9 Å². The molecule has 0 aliphatic rings. The first kappa shape index (κ1) is 22.9. The quantitative estimate of drug-likeness (QED) is 0.211. The summed E-state index contributed by atoms with van der Waals surface area (Å²) in [6.07, 6.45) is 0.763. The Morgan fingerprint density at radius 2 is 1.35 bits per heavy atom. The minimum atomic E-state index is 0.383. The highest BCUT2D eigenvalue weighted by Gasteiger charge is 2.05. The van der Waals surface area contributed by atoms with Crippen molar-refractivity contribution < 1.29 is 33.2 Å². The van der Waals surface area contributed by atoms with Crippen molar-refractivity contribution in [2.45, 2.75) is 0 Å². The molecule has 0 aromatic heterocycles. The summed E-state index contributed by atoms with van der Waals surface area (Å²) in [5.74, 6) is 1.10. The van der Waals surface area contributed by atoms with E-state index in [1.54, 1.807) is 18.2 Å². The zero-order valence-corrected chi connectivity index (χ0v) is 16.7. The van der Waals surface area contributed by atoms with Crippen molar-refractivity contribution in [3.05, 3.63) is 23.8 Å². The Labute approximate surface area is 163 Å². The number of halogens is 1. The molecule has 0 fully saturated rings. The summed E-state index contributed by atoms with van der Waals surface area (Å²) in [6.45, 7) is 4.73. The second kappa shape index (κ2) is 16.0. The number of methoxy groups -OCH3 is 1. The monoisotopic (exact) mass is 434 g/mol. The van der Waals surface area contributed by atoms with E-state index in [-0.39, 0.29) is 0 Å². The molecule has 0 unspecified atom stereocenters. The van der Waals surface area contributed by atoms with Gasteiger partial charge in [-0.1, -0.05) is 15.9 Å². The zero-order valence-electron chi connectivity index (χ0n) is 15.1. The van der Waals surface area contributed by atoms with Gasteiger partial charge in [0.2, 0.25) is 0 Å². The number of rotatable bonds is 17. The fourth-order valence-electron chi connectivity index (χ4n) is 1.90. The summed E-state index contributed by atoms with van der Waals surface area (Å²) < 4.78 is 32.2. The van der Waals surface area contributed by atoms with E-state index < -0.39 is 0 Å². The summed E-state index contributed by atoms with van der Waals surface area (Å²) >= 11 is 3.28. The maximum atomic E-state index is 10.7. The molecule has 0 amide bonds. The third-order valence-corrected chi connectivity index (χ3v) is 3.47. The number of alkyl halides is 1. The Hall–Kier alpha value is -1.19. The number of carbonyl (C=O) groups is 1. The smallest absolute Gasteiger partial charge is 0.161 e. The summed E-state index contributed by atoms with van der Waals surface area (Å²) in [6, 6.07) is 5.01. The Balaban J connectivity index is 1.94. The summed E-state index contributed by atoms with van der Waals surface area (Å²) in [5.41, 5.74) is 0.540. The van der Waals surface area contributed by atoms with Crippen molar-refractivity contribution in [2.75, 3.05) is 71.9 Å². The van der Waals surface area contributed by atoms with Gasteiger partial charge in [-0.05, 0) is 18.2 Å². The standard InChI is InChI=1S/C18H27BrO7/c1-21-18-14-16(15-20)2-3-17(18)26-13-12-25-11-10-24-9-8-23-7-6-22-5-4-19/h2-3,14-15H,4-13H2,1H3. The highest BCUT2D eigenvalue weighted by atomic mass is 79.9. The largest absolute Gasteiger partial charge is 0.493 e. The van der Waals surface area contributed by atoms with Gasteiger partial charge in [0, 0.05) is 10.9 Å². The van der Waals surface area contributed by atoms with E-state index in [0.29, 0.717) is 76.5 Å².